The van der Waals surface area contributed by atoms with Gasteiger partial charge in [0.25, 0.3) is 0 Å². The van der Waals surface area contributed by atoms with Crippen LogP contribution >= 0.6 is 11.6 Å². The van der Waals surface area contributed by atoms with E-state index in [1.165, 1.54) is 12.1 Å². The number of aromatic nitrogens is 1. The van der Waals surface area contributed by atoms with E-state index in [0.717, 1.165) is 0 Å². The first-order valence-electron chi connectivity index (χ1n) is 5.46. The summed E-state index contributed by atoms with van der Waals surface area (Å²) in [5.74, 6) is -0.488. The standard InChI is InChI=1S/C13H10ClN2O3.W/c14-10-6-7-12(15)16(18)11(10)8-13(17)19-9-4-2-1-3-5-9;/h1-7,15H,8H2;/q-1;. The molecule has 0 aliphatic carbocycles. The molecule has 1 heterocycles. The Hall–Kier alpha value is -1.58. The molecule has 0 radical (unpaired) electrons. The summed E-state index contributed by atoms with van der Waals surface area (Å²) in [6.07, 6.45) is -0.288. The summed E-state index contributed by atoms with van der Waals surface area (Å²) >= 11 is 5.84. The van der Waals surface area contributed by atoms with Gasteiger partial charge in [-0.2, -0.15) is 0 Å². The number of carbonyl (C=O) groups is 1. The monoisotopic (exact) mass is 461 g/mol. The summed E-state index contributed by atoms with van der Waals surface area (Å²) in [6, 6.07) is 11.2. The summed E-state index contributed by atoms with van der Waals surface area (Å²) in [4.78, 5) is 11.7. The quantitative estimate of drug-likeness (QED) is 0.305. The fourth-order valence-electron chi connectivity index (χ4n) is 1.51. The number of esters is 1. The van der Waals surface area contributed by atoms with E-state index >= 15 is 0 Å². The largest absolute Gasteiger partial charge is 0.804 e. The SMILES string of the molecule is [NH-]c1ccc(Cl)c(CC(=O)Oc2ccccc2)[n+]1[O-].[W]. The maximum absolute atomic E-state index is 11.7. The van der Waals surface area contributed by atoms with Gasteiger partial charge in [-0.25, -0.2) is 0 Å². The summed E-state index contributed by atoms with van der Waals surface area (Å²) in [6.45, 7) is 0. The van der Waals surface area contributed by atoms with Crippen LogP contribution in [0.4, 0.5) is 5.82 Å². The molecule has 1 N–H and O–H groups in total. The maximum Gasteiger partial charge on any atom is 0.317 e. The third-order valence-electron chi connectivity index (χ3n) is 2.41. The smallest absolute Gasteiger partial charge is 0.317 e. The topological polar surface area (TPSA) is 77.0 Å². The van der Waals surface area contributed by atoms with Crippen molar-refractivity contribution in [3.05, 3.63) is 64.1 Å². The van der Waals surface area contributed by atoms with E-state index in [4.69, 9.17) is 22.1 Å². The molecule has 7 heteroatoms. The zero-order chi connectivity index (χ0) is 13.8. The molecule has 0 saturated carbocycles. The van der Waals surface area contributed by atoms with Gasteiger partial charge in [0, 0.05) is 26.8 Å². The molecule has 2 aromatic rings. The number of hydrogen-bond acceptors (Lipinski definition) is 3. The van der Waals surface area contributed by atoms with Crippen LogP contribution in [0.15, 0.2) is 42.5 Å². The predicted octanol–water partition coefficient (Wildman–Crippen LogP) is 2.80. The van der Waals surface area contributed by atoms with E-state index in [0.29, 0.717) is 10.5 Å². The normalized spacial score (nSPS) is 9.65. The van der Waals surface area contributed by atoms with Crippen molar-refractivity contribution in [2.24, 2.45) is 0 Å². The van der Waals surface area contributed by atoms with Gasteiger partial charge in [0.05, 0.1) is 11.4 Å². The van der Waals surface area contributed by atoms with Gasteiger partial charge in [-0.05, 0) is 24.3 Å². The van der Waals surface area contributed by atoms with Crippen LogP contribution in [-0.4, -0.2) is 5.97 Å². The van der Waals surface area contributed by atoms with Crippen molar-refractivity contribution in [3.63, 3.8) is 0 Å². The molecule has 0 bridgehead atoms. The van der Waals surface area contributed by atoms with Crippen molar-refractivity contribution in [1.29, 1.82) is 0 Å². The number of nitrogens with one attached hydrogen (secondary N) is 1. The minimum absolute atomic E-state index is 0. The first-order chi connectivity index (χ1) is 9.08. The Bertz CT molecular complexity index is 608. The van der Waals surface area contributed by atoms with E-state index in [1.807, 2.05) is 0 Å². The molecule has 0 amide bonds. The molecule has 0 atom stereocenters. The van der Waals surface area contributed by atoms with Crippen molar-refractivity contribution >= 4 is 23.4 Å². The number of para-hydroxylation sites is 1. The van der Waals surface area contributed by atoms with Gasteiger partial charge in [0.1, 0.15) is 11.6 Å². The van der Waals surface area contributed by atoms with Crippen LogP contribution in [0, 0.1) is 5.21 Å². The van der Waals surface area contributed by atoms with E-state index in [9.17, 15) is 10.0 Å². The van der Waals surface area contributed by atoms with Gasteiger partial charge >= 0.3 is 5.97 Å². The molecule has 0 fully saturated rings. The molecule has 5 nitrogen and oxygen atoms in total. The number of nitrogens with zero attached hydrogens (tertiary/aromatic N) is 1. The first-order valence-corrected chi connectivity index (χ1v) is 5.84. The van der Waals surface area contributed by atoms with Gasteiger partial charge in [0.15, 0.2) is 0 Å². The van der Waals surface area contributed by atoms with E-state index in [2.05, 4.69) is 0 Å². The minimum Gasteiger partial charge on any atom is -0.804 e. The average molecular weight is 462 g/mol. The number of rotatable bonds is 3. The van der Waals surface area contributed by atoms with Gasteiger partial charge in [-0.1, -0.05) is 29.8 Å². The molecule has 0 spiro atoms. The van der Waals surface area contributed by atoms with Crippen LogP contribution in [0.5, 0.6) is 5.75 Å². The van der Waals surface area contributed by atoms with Gasteiger partial charge < -0.3 is 14.7 Å². The third kappa shape index (κ3) is 3.95. The molecule has 0 unspecified atom stereocenters. The zero-order valence-corrected chi connectivity index (χ0v) is 13.9. The molecule has 20 heavy (non-hydrogen) atoms. The Balaban J connectivity index is 0.00000200. The van der Waals surface area contributed by atoms with Crippen LogP contribution in [0.2, 0.25) is 5.02 Å². The summed E-state index contributed by atoms with van der Waals surface area (Å²) in [7, 11) is 0. The van der Waals surface area contributed by atoms with E-state index in [-0.39, 0.29) is 44.0 Å². The van der Waals surface area contributed by atoms with Crippen molar-refractivity contribution in [3.8, 4) is 5.75 Å². The van der Waals surface area contributed by atoms with Crippen LogP contribution in [0.25, 0.3) is 5.73 Å². The molecule has 1 aromatic carbocycles. The second-order valence-corrected chi connectivity index (χ2v) is 4.18. The van der Waals surface area contributed by atoms with E-state index < -0.39 is 5.97 Å². The van der Waals surface area contributed by atoms with Crippen LogP contribution < -0.4 is 9.47 Å². The summed E-state index contributed by atoms with van der Waals surface area (Å²) in [5.41, 5.74) is 7.37. The second kappa shape index (κ2) is 7.27. The number of hydrogen-bond donors (Lipinski definition) is 0. The van der Waals surface area contributed by atoms with Crippen molar-refractivity contribution < 1.29 is 35.3 Å². The molecule has 1 aromatic heterocycles. The number of pyridine rings is 1. The second-order valence-electron chi connectivity index (χ2n) is 3.77. The van der Waals surface area contributed by atoms with Crippen molar-refractivity contribution in [2.75, 3.05) is 0 Å². The number of halogens is 1. The fourth-order valence-corrected chi connectivity index (χ4v) is 1.71. The van der Waals surface area contributed by atoms with Gasteiger partial charge in [0.2, 0.25) is 0 Å². The van der Waals surface area contributed by atoms with Crippen LogP contribution in [0.1, 0.15) is 5.69 Å². The van der Waals surface area contributed by atoms with Crippen molar-refractivity contribution in [2.45, 2.75) is 6.42 Å². The predicted molar refractivity (Wildman–Crippen MR) is 70.2 cm³/mol. The van der Waals surface area contributed by atoms with Crippen molar-refractivity contribution in [1.82, 2.24) is 0 Å². The third-order valence-corrected chi connectivity index (χ3v) is 2.76. The Labute approximate surface area is 135 Å². The first kappa shape index (κ1) is 16.5. The summed E-state index contributed by atoms with van der Waals surface area (Å²) < 4.78 is 5.37. The molecule has 104 valence electrons. The zero-order valence-electron chi connectivity index (χ0n) is 10.2. The van der Waals surface area contributed by atoms with E-state index in [1.54, 1.807) is 30.3 Å². The van der Waals surface area contributed by atoms with Gasteiger partial charge in [-0.15, -0.1) is 0 Å². The number of carbonyl (C=O) groups excluding carboxylic acids is 1. The Kier molecular flexibility index (Phi) is 5.99. The average Bonchev–Trinajstić information content (AvgIpc) is 2.40. The maximum atomic E-state index is 11.7. The fraction of sp³-hybridized carbons (Fsp3) is 0.0769. The molecule has 0 aliphatic heterocycles. The number of ether oxygens (including phenoxy) is 1. The molecule has 0 aliphatic rings. The minimum atomic E-state index is -0.608. The Morgan fingerprint density at radius 2 is 1.90 bits per heavy atom. The Morgan fingerprint density at radius 1 is 1.25 bits per heavy atom. The van der Waals surface area contributed by atoms with Crippen LogP contribution in [-0.2, 0) is 32.3 Å². The van der Waals surface area contributed by atoms with Crippen LogP contribution in [0.3, 0.4) is 0 Å². The van der Waals surface area contributed by atoms with Gasteiger partial charge in [-0.3, -0.25) is 10.5 Å². The molecule has 0 saturated heterocycles. The Morgan fingerprint density at radius 3 is 2.55 bits per heavy atom. The molecular weight excluding hydrogens is 451 g/mol. The molecule has 2 rings (SSSR count). The number of benzene rings is 1. The molecular formula is C13H10ClN2O3W-. The summed E-state index contributed by atoms with van der Waals surface area (Å²) in [5, 5.41) is 11.7.